The van der Waals surface area contributed by atoms with Crippen LogP contribution in [0.3, 0.4) is 0 Å². The van der Waals surface area contributed by atoms with Crippen molar-refractivity contribution >= 4 is 11.8 Å². The van der Waals surface area contributed by atoms with Crippen LogP contribution in [-0.4, -0.2) is 37.9 Å². The fraction of sp³-hybridized carbons (Fsp3) is 0.765. The second kappa shape index (κ2) is 7.88. The molecule has 1 aliphatic heterocycles. The maximum absolute atomic E-state index is 12.0. The first-order chi connectivity index (χ1) is 10.6. The molecule has 0 bridgehead atoms. The van der Waals surface area contributed by atoms with Crippen LogP contribution < -0.4 is 0 Å². The van der Waals surface area contributed by atoms with E-state index in [0.29, 0.717) is 19.6 Å². The van der Waals surface area contributed by atoms with Crippen molar-refractivity contribution in [1.29, 1.82) is 0 Å². The Balaban J connectivity index is 2.00. The highest BCUT2D eigenvalue weighted by Gasteiger charge is 2.52. The van der Waals surface area contributed by atoms with E-state index >= 15 is 0 Å². The summed E-state index contributed by atoms with van der Waals surface area (Å²) in [6.45, 7) is 3.34. The average molecular weight is 310 g/mol. The van der Waals surface area contributed by atoms with Gasteiger partial charge in [-0.2, -0.15) is 0 Å². The van der Waals surface area contributed by atoms with Crippen LogP contribution in [0.5, 0.6) is 0 Å². The van der Waals surface area contributed by atoms with Gasteiger partial charge in [0.1, 0.15) is 12.2 Å². The first kappa shape index (κ1) is 17.2. The van der Waals surface area contributed by atoms with E-state index in [1.807, 2.05) is 0 Å². The summed E-state index contributed by atoms with van der Waals surface area (Å²) in [7, 11) is 1.30. The van der Waals surface area contributed by atoms with Gasteiger partial charge in [0.15, 0.2) is 5.79 Å². The molecule has 22 heavy (non-hydrogen) atoms. The second-order valence-electron chi connectivity index (χ2n) is 6.03. The summed E-state index contributed by atoms with van der Waals surface area (Å²) in [5.74, 6) is -0.657. The standard InChI is InChI=1S/C17H26O5/c1-3-4-5-6-15-13(11-14(18)12-16(19)20-2)7-8-17(15)21-9-10-22-17/h4-5,13,15H,3,6-12H2,1-2H3/b5-4-/t13-,15-/m1/s1. The normalized spacial score (nSPS) is 26.8. The molecular formula is C17H26O5. The van der Waals surface area contributed by atoms with Crippen molar-refractivity contribution in [2.45, 2.75) is 51.2 Å². The number of ketones is 1. The Kier molecular flexibility index (Phi) is 6.15. The zero-order valence-corrected chi connectivity index (χ0v) is 13.5. The van der Waals surface area contributed by atoms with Gasteiger partial charge in [0, 0.05) is 18.8 Å². The molecule has 1 saturated carbocycles. The highest BCUT2D eigenvalue weighted by atomic mass is 16.7. The van der Waals surface area contributed by atoms with Crippen molar-refractivity contribution in [1.82, 2.24) is 0 Å². The third-order valence-electron chi connectivity index (χ3n) is 4.63. The third-order valence-corrected chi connectivity index (χ3v) is 4.63. The fourth-order valence-corrected chi connectivity index (χ4v) is 3.58. The summed E-state index contributed by atoms with van der Waals surface area (Å²) >= 11 is 0. The van der Waals surface area contributed by atoms with Gasteiger partial charge in [-0.15, -0.1) is 0 Å². The van der Waals surface area contributed by atoms with Gasteiger partial charge in [-0.1, -0.05) is 19.1 Å². The number of methoxy groups -OCH3 is 1. The van der Waals surface area contributed by atoms with Gasteiger partial charge in [-0.05, 0) is 25.2 Å². The predicted molar refractivity (Wildman–Crippen MR) is 81.2 cm³/mol. The Morgan fingerprint density at radius 3 is 2.64 bits per heavy atom. The minimum atomic E-state index is -0.520. The van der Waals surface area contributed by atoms with E-state index < -0.39 is 11.8 Å². The molecule has 124 valence electrons. The first-order valence-electron chi connectivity index (χ1n) is 8.12. The topological polar surface area (TPSA) is 61.8 Å². The molecule has 0 aromatic rings. The first-order valence-corrected chi connectivity index (χ1v) is 8.12. The molecule has 2 atom stereocenters. The Bertz CT molecular complexity index is 423. The van der Waals surface area contributed by atoms with E-state index in [1.54, 1.807) is 0 Å². The SMILES string of the molecule is CC/C=C\C[C@@H]1[C@@H](CC(=O)CC(=O)OC)CCC12OCCO2. The maximum atomic E-state index is 12.0. The van der Waals surface area contributed by atoms with Crippen LogP contribution in [0, 0.1) is 11.8 Å². The fourth-order valence-electron chi connectivity index (χ4n) is 3.58. The van der Waals surface area contributed by atoms with Crippen LogP contribution in [0.25, 0.3) is 0 Å². The van der Waals surface area contributed by atoms with E-state index in [2.05, 4.69) is 23.8 Å². The van der Waals surface area contributed by atoms with Crippen molar-refractivity contribution in [3.8, 4) is 0 Å². The summed E-state index contributed by atoms with van der Waals surface area (Å²) in [5, 5.41) is 0. The van der Waals surface area contributed by atoms with Crippen molar-refractivity contribution < 1.29 is 23.8 Å². The third kappa shape index (κ3) is 3.96. The largest absolute Gasteiger partial charge is 0.469 e. The lowest BCUT2D eigenvalue weighted by Gasteiger charge is -2.31. The van der Waals surface area contributed by atoms with Gasteiger partial charge >= 0.3 is 5.97 Å². The number of rotatable bonds is 7. The van der Waals surface area contributed by atoms with Crippen LogP contribution in [0.4, 0.5) is 0 Å². The molecule has 2 fully saturated rings. The molecule has 2 rings (SSSR count). The summed E-state index contributed by atoms with van der Waals surface area (Å²) in [6.07, 6.45) is 8.12. The zero-order chi connectivity index (χ0) is 16.0. The van der Waals surface area contributed by atoms with Crippen molar-refractivity contribution in [3.63, 3.8) is 0 Å². The minimum absolute atomic E-state index is 0.0589. The molecule has 5 nitrogen and oxygen atoms in total. The van der Waals surface area contributed by atoms with Crippen LogP contribution >= 0.6 is 0 Å². The number of carbonyl (C=O) groups excluding carboxylic acids is 2. The van der Waals surface area contributed by atoms with Crippen molar-refractivity contribution in [3.05, 3.63) is 12.2 Å². The van der Waals surface area contributed by atoms with Crippen LogP contribution in [0.2, 0.25) is 0 Å². The van der Waals surface area contributed by atoms with E-state index in [0.717, 1.165) is 25.7 Å². The van der Waals surface area contributed by atoms with Crippen molar-refractivity contribution in [2.24, 2.45) is 11.8 Å². The smallest absolute Gasteiger partial charge is 0.313 e. The lowest BCUT2D eigenvalue weighted by molar-refractivity contribution is -0.185. The molecule has 2 aliphatic rings. The molecular weight excluding hydrogens is 284 g/mol. The number of carbonyl (C=O) groups is 2. The molecule has 1 heterocycles. The number of Topliss-reactive ketones (excluding diaryl/α,β-unsaturated/α-hetero) is 1. The minimum Gasteiger partial charge on any atom is -0.469 e. The van der Waals surface area contributed by atoms with E-state index in [1.165, 1.54) is 7.11 Å². The second-order valence-corrected chi connectivity index (χ2v) is 6.03. The van der Waals surface area contributed by atoms with Gasteiger partial charge in [0.2, 0.25) is 0 Å². The Hall–Kier alpha value is -1.20. The molecule has 1 spiro atoms. The lowest BCUT2D eigenvalue weighted by atomic mass is 9.85. The van der Waals surface area contributed by atoms with Crippen molar-refractivity contribution in [2.75, 3.05) is 20.3 Å². The van der Waals surface area contributed by atoms with Crippen LogP contribution in [0.1, 0.15) is 45.4 Å². The molecule has 5 heteroatoms. The number of ether oxygens (including phenoxy) is 3. The van der Waals surface area contributed by atoms with Crippen LogP contribution in [0.15, 0.2) is 12.2 Å². The Morgan fingerprint density at radius 1 is 1.27 bits per heavy atom. The van der Waals surface area contributed by atoms with Gasteiger partial charge in [-0.3, -0.25) is 9.59 Å². The highest BCUT2D eigenvalue weighted by molar-refractivity contribution is 5.95. The van der Waals surface area contributed by atoms with Gasteiger partial charge < -0.3 is 14.2 Å². The average Bonchev–Trinajstić information content (AvgIpc) is 3.09. The Morgan fingerprint density at radius 2 is 2.00 bits per heavy atom. The molecule has 0 amide bonds. The quantitative estimate of drug-likeness (QED) is 0.411. The van der Waals surface area contributed by atoms with E-state index in [4.69, 9.17) is 9.47 Å². The maximum Gasteiger partial charge on any atom is 0.313 e. The molecule has 0 unspecified atom stereocenters. The molecule has 0 aromatic heterocycles. The van der Waals surface area contributed by atoms with E-state index in [-0.39, 0.29) is 24.0 Å². The zero-order valence-electron chi connectivity index (χ0n) is 13.5. The van der Waals surface area contributed by atoms with Crippen LogP contribution in [-0.2, 0) is 23.8 Å². The summed E-state index contributed by atoms with van der Waals surface area (Å²) < 4.78 is 16.4. The number of allylic oxidation sites excluding steroid dienone is 2. The predicted octanol–water partition coefficient (Wildman–Crippen LogP) is 2.63. The molecule has 0 aromatic carbocycles. The summed E-state index contributed by atoms with van der Waals surface area (Å²) in [6, 6.07) is 0. The number of esters is 1. The van der Waals surface area contributed by atoms with Gasteiger partial charge in [-0.25, -0.2) is 0 Å². The lowest BCUT2D eigenvalue weighted by Crippen LogP contribution is -2.37. The monoisotopic (exact) mass is 310 g/mol. The van der Waals surface area contributed by atoms with E-state index in [9.17, 15) is 9.59 Å². The molecule has 0 N–H and O–H groups in total. The summed E-state index contributed by atoms with van der Waals surface area (Å²) in [4.78, 5) is 23.3. The summed E-state index contributed by atoms with van der Waals surface area (Å²) in [5.41, 5.74) is 0. The number of hydrogen-bond acceptors (Lipinski definition) is 5. The molecule has 1 aliphatic carbocycles. The van der Waals surface area contributed by atoms with Gasteiger partial charge in [0.05, 0.1) is 20.3 Å². The highest BCUT2D eigenvalue weighted by Crippen LogP contribution is 2.49. The molecule has 0 radical (unpaired) electrons. The van der Waals surface area contributed by atoms with Gasteiger partial charge in [0.25, 0.3) is 0 Å². The Labute approximate surface area is 132 Å². The molecule has 1 saturated heterocycles. The number of hydrogen-bond donors (Lipinski definition) is 0.